The zero-order valence-electron chi connectivity index (χ0n) is 19.2. The molecule has 0 bridgehead atoms. The molecule has 3 nitrogen and oxygen atoms in total. The van der Waals surface area contributed by atoms with Crippen molar-refractivity contribution in [3.05, 3.63) is 0 Å². The molecular formula is C23H49N3. The zero-order valence-corrected chi connectivity index (χ0v) is 19.2. The minimum atomic E-state index is 0.573. The van der Waals surface area contributed by atoms with Crippen LogP contribution in [0.15, 0.2) is 0 Å². The standard InChI is InChI=1S/C21H43N3.C2H6/c1-6-19(3)22(5)15-10-21(4)11-16-24(17-12-21)18-20-8-13-23(7-2)14-9-20;1-2/h19-20H,6-18H2,1-5H3;1-2H3. The van der Waals surface area contributed by atoms with E-state index in [4.69, 9.17) is 0 Å². The summed E-state index contributed by atoms with van der Waals surface area (Å²) in [5, 5.41) is 0. The van der Waals surface area contributed by atoms with E-state index in [1.165, 1.54) is 84.3 Å². The molecular weight excluding hydrogens is 318 g/mol. The molecule has 1 unspecified atom stereocenters. The number of hydrogen-bond donors (Lipinski definition) is 0. The highest BCUT2D eigenvalue weighted by Gasteiger charge is 2.31. The van der Waals surface area contributed by atoms with Gasteiger partial charge >= 0.3 is 0 Å². The molecule has 0 spiro atoms. The topological polar surface area (TPSA) is 9.72 Å². The largest absolute Gasteiger partial charge is 0.304 e. The van der Waals surface area contributed by atoms with Crippen molar-refractivity contribution in [2.24, 2.45) is 11.3 Å². The quantitative estimate of drug-likeness (QED) is 0.600. The van der Waals surface area contributed by atoms with Crippen LogP contribution in [0, 0.1) is 11.3 Å². The van der Waals surface area contributed by atoms with Gasteiger partial charge in [-0.1, -0.05) is 34.6 Å². The Labute approximate surface area is 165 Å². The molecule has 0 radical (unpaired) electrons. The fourth-order valence-electron chi connectivity index (χ4n) is 4.35. The van der Waals surface area contributed by atoms with Crippen LogP contribution in [0.3, 0.4) is 0 Å². The van der Waals surface area contributed by atoms with E-state index in [0.29, 0.717) is 5.41 Å². The molecule has 0 aromatic carbocycles. The molecule has 2 fully saturated rings. The molecule has 0 amide bonds. The molecule has 156 valence electrons. The van der Waals surface area contributed by atoms with Gasteiger partial charge in [-0.15, -0.1) is 0 Å². The molecule has 0 aromatic heterocycles. The molecule has 0 saturated carbocycles. The van der Waals surface area contributed by atoms with Crippen molar-refractivity contribution in [3.63, 3.8) is 0 Å². The Morgan fingerprint density at radius 1 is 1.00 bits per heavy atom. The zero-order chi connectivity index (χ0) is 19.6. The monoisotopic (exact) mass is 367 g/mol. The molecule has 2 saturated heterocycles. The Bertz CT molecular complexity index is 341. The van der Waals surface area contributed by atoms with E-state index in [9.17, 15) is 0 Å². The number of hydrogen-bond acceptors (Lipinski definition) is 3. The second kappa shape index (κ2) is 12.4. The summed E-state index contributed by atoms with van der Waals surface area (Å²) < 4.78 is 0. The first-order chi connectivity index (χ1) is 12.5. The third kappa shape index (κ3) is 7.86. The van der Waals surface area contributed by atoms with Gasteiger partial charge in [0.05, 0.1) is 0 Å². The highest BCUT2D eigenvalue weighted by atomic mass is 15.2. The fraction of sp³-hybridized carbons (Fsp3) is 1.00. The van der Waals surface area contributed by atoms with Crippen LogP contribution in [0.5, 0.6) is 0 Å². The Balaban J connectivity index is 0.00000163. The Hall–Kier alpha value is -0.120. The van der Waals surface area contributed by atoms with E-state index < -0.39 is 0 Å². The van der Waals surface area contributed by atoms with Gasteiger partial charge in [0.1, 0.15) is 0 Å². The molecule has 0 N–H and O–H groups in total. The third-order valence-electron chi connectivity index (χ3n) is 7.15. The lowest BCUT2D eigenvalue weighted by Crippen LogP contribution is -2.44. The van der Waals surface area contributed by atoms with Crippen molar-refractivity contribution in [3.8, 4) is 0 Å². The molecule has 2 aliphatic rings. The first-order valence-corrected chi connectivity index (χ1v) is 11.6. The van der Waals surface area contributed by atoms with Crippen molar-refractivity contribution < 1.29 is 0 Å². The minimum absolute atomic E-state index is 0.573. The van der Waals surface area contributed by atoms with Gasteiger partial charge < -0.3 is 14.7 Å². The van der Waals surface area contributed by atoms with Gasteiger partial charge in [0.2, 0.25) is 0 Å². The second-order valence-electron chi connectivity index (χ2n) is 8.98. The SMILES string of the molecule is CC.CCC(C)N(C)CCC1(C)CCN(CC2CCN(CC)CC2)CC1. The first kappa shape index (κ1) is 23.9. The van der Waals surface area contributed by atoms with Gasteiger partial charge in [-0.3, -0.25) is 0 Å². The lowest BCUT2D eigenvalue weighted by Gasteiger charge is -2.42. The minimum Gasteiger partial charge on any atom is -0.304 e. The summed E-state index contributed by atoms with van der Waals surface area (Å²) in [5.74, 6) is 0.952. The van der Waals surface area contributed by atoms with Crippen molar-refractivity contribution in [1.82, 2.24) is 14.7 Å². The molecule has 26 heavy (non-hydrogen) atoms. The van der Waals surface area contributed by atoms with Crippen LogP contribution in [-0.4, -0.2) is 73.6 Å². The van der Waals surface area contributed by atoms with E-state index in [0.717, 1.165) is 12.0 Å². The summed E-state index contributed by atoms with van der Waals surface area (Å²) in [4.78, 5) is 7.93. The number of piperidine rings is 2. The van der Waals surface area contributed by atoms with Gasteiger partial charge in [-0.25, -0.2) is 0 Å². The van der Waals surface area contributed by atoms with Crippen molar-refractivity contribution in [1.29, 1.82) is 0 Å². The highest BCUT2D eigenvalue weighted by Crippen LogP contribution is 2.35. The predicted molar refractivity (Wildman–Crippen MR) is 117 cm³/mol. The molecule has 2 rings (SSSR count). The lowest BCUT2D eigenvalue weighted by molar-refractivity contribution is 0.0726. The van der Waals surface area contributed by atoms with Gasteiger partial charge in [0, 0.05) is 12.6 Å². The van der Waals surface area contributed by atoms with E-state index in [2.05, 4.69) is 49.4 Å². The molecule has 2 heterocycles. The maximum absolute atomic E-state index is 2.77. The highest BCUT2D eigenvalue weighted by molar-refractivity contribution is 4.85. The average Bonchev–Trinajstić information content (AvgIpc) is 2.69. The van der Waals surface area contributed by atoms with Crippen LogP contribution in [-0.2, 0) is 0 Å². The third-order valence-corrected chi connectivity index (χ3v) is 7.15. The summed E-state index contributed by atoms with van der Waals surface area (Å²) in [6.07, 6.45) is 8.27. The first-order valence-electron chi connectivity index (χ1n) is 11.6. The summed E-state index contributed by atoms with van der Waals surface area (Å²) in [6.45, 7) is 22.7. The summed E-state index contributed by atoms with van der Waals surface area (Å²) in [5.41, 5.74) is 0.573. The predicted octanol–water partition coefficient (Wildman–Crippen LogP) is 4.97. The maximum Gasteiger partial charge on any atom is 0.00612 e. The lowest BCUT2D eigenvalue weighted by atomic mass is 9.77. The van der Waals surface area contributed by atoms with Crippen LogP contribution in [0.25, 0.3) is 0 Å². The Morgan fingerprint density at radius 3 is 2.08 bits per heavy atom. The molecule has 0 aromatic rings. The van der Waals surface area contributed by atoms with Crippen molar-refractivity contribution in [2.75, 3.05) is 52.9 Å². The average molecular weight is 368 g/mol. The molecule has 3 heteroatoms. The van der Waals surface area contributed by atoms with E-state index in [1.54, 1.807) is 0 Å². The summed E-state index contributed by atoms with van der Waals surface area (Å²) in [6, 6.07) is 0.725. The second-order valence-corrected chi connectivity index (χ2v) is 8.98. The van der Waals surface area contributed by atoms with E-state index in [-0.39, 0.29) is 0 Å². The van der Waals surface area contributed by atoms with Crippen LogP contribution in [0.4, 0.5) is 0 Å². The van der Waals surface area contributed by atoms with Gasteiger partial charge in [0.15, 0.2) is 0 Å². The molecule has 1 atom stereocenters. The number of nitrogens with zero attached hydrogens (tertiary/aromatic N) is 3. The van der Waals surface area contributed by atoms with Gasteiger partial charge in [0.25, 0.3) is 0 Å². The molecule has 0 aliphatic carbocycles. The summed E-state index contributed by atoms with van der Waals surface area (Å²) >= 11 is 0. The summed E-state index contributed by atoms with van der Waals surface area (Å²) in [7, 11) is 2.30. The van der Waals surface area contributed by atoms with Crippen LogP contribution >= 0.6 is 0 Å². The Morgan fingerprint density at radius 2 is 1.58 bits per heavy atom. The molecule has 2 aliphatic heterocycles. The van der Waals surface area contributed by atoms with Crippen LogP contribution in [0.2, 0.25) is 0 Å². The maximum atomic E-state index is 2.77. The van der Waals surface area contributed by atoms with Crippen molar-refractivity contribution in [2.45, 2.75) is 86.1 Å². The fourth-order valence-corrected chi connectivity index (χ4v) is 4.35. The van der Waals surface area contributed by atoms with Gasteiger partial charge in [-0.05, 0) is 103 Å². The van der Waals surface area contributed by atoms with Crippen molar-refractivity contribution >= 4 is 0 Å². The van der Waals surface area contributed by atoms with Gasteiger partial charge in [-0.2, -0.15) is 0 Å². The number of likely N-dealkylation sites (tertiary alicyclic amines) is 2. The van der Waals surface area contributed by atoms with Crippen LogP contribution in [0.1, 0.15) is 80.1 Å². The number of rotatable bonds is 8. The smallest absolute Gasteiger partial charge is 0.00612 e. The normalized spacial score (nSPS) is 23.5. The van der Waals surface area contributed by atoms with E-state index >= 15 is 0 Å². The van der Waals surface area contributed by atoms with Crippen LogP contribution < -0.4 is 0 Å². The Kier molecular flexibility index (Phi) is 11.4. The van der Waals surface area contributed by atoms with E-state index in [1.807, 2.05) is 13.8 Å².